The molecule has 0 spiro atoms. The van der Waals surface area contributed by atoms with Crippen LogP contribution in [-0.4, -0.2) is 69.1 Å². The van der Waals surface area contributed by atoms with Gasteiger partial charge >= 0.3 is 0 Å². The maximum atomic E-state index is 13.5. The van der Waals surface area contributed by atoms with Crippen LogP contribution in [0.15, 0.2) is 54.0 Å². The van der Waals surface area contributed by atoms with E-state index in [-0.39, 0.29) is 12.3 Å². The lowest BCUT2D eigenvalue weighted by Crippen LogP contribution is -2.48. The number of hydrogen-bond acceptors (Lipinski definition) is 9. The van der Waals surface area contributed by atoms with Crippen molar-refractivity contribution in [2.75, 3.05) is 42.1 Å². The zero-order chi connectivity index (χ0) is 28.5. The second kappa shape index (κ2) is 13.9. The van der Waals surface area contributed by atoms with Gasteiger partial charge in [-0.1, -0.05) is 12.1 Å². The maximum absolute atomic E-state index is 13.5. The first kappa shape index (κ1) is 29.8. The van der Waals surface area contributed by atoms with Gasteiger partial charge < -0.3 is 25.8 Å². The minimum absolute atomic E-state index is 0.0881. The highest BCUT2D eigenvalue weighted by Crippen LogP contribution is 2.28. The zero-order valence-corrected chi connectivity index (χ0v) is 24.4. The Balaban J connectivity index is 1.51. The number of methoxy groups -OCH3 is 1. The van der Waals surface area contributed by atoms with Gasteiger partial charge in [-0.05, 0) is 55.7 Å². The quantitative estimate of drug-likeness (QED) is 0.240. The number of benzene rings is 2. The molecule has 1 saturated heterocycles. The van der Waals surface area contributed by atoms with Crippen molar-refractivity contribution < 1.29 is 23.1 Å². The average molecular weight is 588 g/mol. The van der Waals surface area contributed by atoms with Crippen molar-refractivity contribution in [1.82, 2.24) is 15.6 Å². The third kappa shape index (κ3) is 7.94. The number of carbonyl (C=O) groups excluding carboxylic acids is 1. The SMILES string of the molecule is CCNc1cc(C(=O)N[C@@H](Cc2nccs2)[C@H](O)CNCc2cccc(OC)c2)cc(N2CCCCS2(=O)=O)c1. The lowest BCUT2D eigenvalue weighted by atomic mass is 10.1. The number of hydrogen-bond donors (Lipinski definition) is 4. The van der Waals surface area contributed by atoms with Crippen molar-refractivity contribution in [1.29, 1.82) is 0 Å². The summed E-state index contributed by atoms with van der Waals surface area (Å²) in [5.74, 6) is 0.444. The third-order valence-corrected chi connectivity index (χ3v) is 9.35. The molecular weight excluding hydrogens is 550 g/mol. The van der Waals surface area contributed by atoms with Crippen molar-refractivity contribution in [3.63, 3.8) is 0 Å². The Bertz CT molecular complexity index is 1370. The van der Waals surface area contributed by atoms with E-state index in [4.69, 9.17) is 4.74 Å². The van der Waals surface area contributed by atoms with E-state index in [0.717, 1.165) is 22.7 Å². The lowest BCUT2D eigenvalue weighted by Gasteiger charge is -2.29. The molecule has 0 aliphatic carbocycles. The van der Waals surface area contributed by atoms with Gasteiger partial charge in [0.05, 0.1) is 35.7 Å². The summed E-state index contributed by atoms with van der Waals surface area (Å²) in [5, 5.41) is 23.2. The van der Waals surface area contributed by atoms with Crippen LogP contribution in [0, 0.1) is 0 Å². The first-order valence-corrected chi connectivity index (χ1v) is 15.9. The summed E-state index contributed by atoms with van der Waals surface area (Å²) in [6, 6.07) is 12.1. The number of ether oxygens (including phenoxy) is 1. The third-order valence-electron chi connectivity index (χ3n) is 6.67. The molecule has 12 heteroatoms. The number of aliphatic hydroxyl groups is 1. The number of carbonyl (C=O) groups is 1. The highest BCUT2D eigenvalue weighted by molar-refractivity contribution is 7.92. The fraction of sp³-hybridized carbons (Fsp3) is 0.429. The molecule has 1 aliphatic heterocycles. The molecule has 4 N–H and O–H groups in total. The minimum Gasteiger partial charge on any atom is -0.497 e. The summed E-state index contributed by atoms with van der Waals surface area (Å²) in [5.41, 5.74) is 2.44. The van der Waals surface area contributed by atoms with Crippen LogP contribution in [0.25, 0.3) is 0 Å². The molecule has 40 heavy (non-hydrogen) atoms. The number of aromatic nitrogens is 1. The number of nitrogens with zero attached hydrogens (tertiary/aromatic N) is 2. The molecule has 4 rings (SSSR count). The zero-order valence-electron chi connectivity index (χ0n) is 22.8. The molecule has 0 unspecified atom stereocenters. The molecule has 1 fully saturated rings. The first-order valence-electron chi connectivity index (χ1n) is 13.4. The molecular formula is C28H37N5O5S2. The van der Waals surface area contributed by atoms with Crippen LogP contribution in [-0.2, 0) is 23.0 Å². The summed E-state index contributed by atoms with van der Waals surface area (Å²) >= 11 is 1.46. The Morgan fingerprint density at radius 1 is 1.23 bits per heavy atom. The number of nitrogens with one attached hydrogen (secondary N) is 3. The second-order valence-electron chi connectivity index (χ2n) is 9.65. The van der Waals surface area contributed by atoms with Gasteiger partial charge in [-0.2, -0.15) is 0 Å². The van der Waals surface area contributed by atoms with E-state index in [1.807, 2.05) is 36.6 Å². The molecule has 2 heterocycles. The van der Waals surface area contributed by atoms with Crippen LogP contribution >= 0.6 is 11.3 Å². The number of amides is 1. The molecule has 10 nitrogen and oxygen atoms in total. The van der Waals surface area contributed by atoms with Crippen LogP contribution in [0.1, 0.15) is 40.7 Å². The molecule has 0 bridgehead atoms. The van der Waals surface area contributed by atoms with Gasteiger partial charge in [0.2, 0.25) is 10.0 Å². The topological polar surface area (TPSA) is 133 Å². The maximum Gasteiger partial charge on any atom is 0.251 e. The summed E-state index contributed by atoms with van der Waals surface area (Å²) in [6.45, 7) is 3.68. The second-order valence-corrected chi connectivity index (χ2v) is 12.6. The van der Waals surface area contributed by atoms with Gasteiger partial charge in [0.1, 0.15) is 5.75 Å². The number of thiazole rings is 1. The van der Waals surface area contributed by atoms with Gasteiger partial charge in [-0.3, -0.25) is 9.10 Å². The van der Waals surface area contributed by atoms with E-state index in [0.29, 0.717) is 49.4 Å². The van der Waals surface area contributed by atoms with Crippen LogP contribution in [0.2, 0.25) is 0 Å². The van der Waals surface area contributed by atoms with Crippen molar-refractivity contribution >= 4 is 38.6 Å². The van der Waals surface area contributed by atoms with Crippen molar-refractivity contribution in [2.45, 2.75) is 44.9 Å². The van der Waals surface area contributed by atoms with E-state index >= 15 is 0 Å². The average Bonchev–Trinajstić information content (AvgIpc) is 3.45. The highest BCUT2D eigenvalue weighted by atomic mass is 32.2. The molecule has 0 saturated carbocycles. The van der Waals surface area contributed by atoms with Crippen LogP contribution in [0.3, 0.4) is 0 Å². The Labute approximate surface area is 239 Å². The largest absolute Gasteiger partial charge is 0.497 e. The van der Waals surface area contributed by atoms with Crippen molar-refractivity contribution in [3.05, 3.63) is 70.2 Å². The lowest BCUT2D eigenvalue weighted by molar-refractivity contribution is 0.0830. The Hall–Kier alpha value is -3.19. The minimum atomic E-state index is -3.45. The highest BCUT2D eigenvalue weighted by Gasteiger charge is 2.28. The Morgan fingerprint density at radius 2 is 2.08 bits per heavy atom. The number of aliphatic hydroxyl groups excluding tert-OH is 1. The van der Waals surface area contributed by atoms with Crippen LogP contribution in [0.4, 0.5) is 11.4 Å². The van der Waals surface area contributed by atoms with E-state index in [9.17, 15) is 18.3 Å². The van der Waals surface area contributed by atoms with Gasteiger partial charge in [0.25, 0.3) is 5.91 Å². The van der Waals surface area contributed by atoms with Gasteiger partial charge in [-0.15, -0.1) is 11.3 Å². The molecule has 1 aliphatic rings. The van der Waals surface area contributed by atoms with E-state index in [1.165, 1.54) is 15.6 Å². The predicted octanol–water partition coefficient (Wildman–Crippen LogP) is 3.01. The molecule has 2 aromatic carbocycles. The predicted molar refractivity (Wildman–Crippen MR) is 159 cm³/mol. The van der Waals surface area contributed by atoms with Crippen LogP contribution < -0.4 is 25.0 Å². The summed E-state index contributed by atoms with van der Waals surface area (Å²) in [6.07, 6.45) is 2.53. The van der Waals surface area contributed by atoms with Gasteiger partial charge in [0.15, 0.2) is 0 Å². The Kier molecular flexibility index (Phi) is 10.4. The summed E-state index contributed by atoms with van der Waals surface area (Å²) < 4.78 is 32.2. The van der Waals surface area contributed by atoms with Gasteiger partial charge in [-0.25, -0.2) is 13.4 Å². The summed E-state index contributed by atoms with van der Waals surface area (Å²) in [4.78, 5) is 17.9. The van der Waals surface area contributed by atoms with Crippen molar-refractivity contribution in [2.24, 2.45) is 0 Å². The Morgan fingerprint density at radius 3 is 2.80 bits per heavy atom. The molecule has 1 amide bonds. The molecule has 2 atom stereocenters. The van der Waals surface area contributed by atoms with E-state index in [1.54, 1.807) is 31.5 Å². The summed E-state index contributed by atoms with van der Waals surface area (Å²) in [7, 11) is -1.83. The molecule has 3 aromatic rings. The normalized spacial score (nSPS) is 16.2. The molecule has 1 aromatic heterocycles. The van der Waals surface area contributed by atoms with Crippen LogP contribution in [0.5, 0.6) is 5.75 Å². The smallest absolute Gasteiger partial charge is 0.251 e. The molecule has 0 radical (unpaired) electrons. The fourth-order valence-electron chi connectivity index (χ4n) is 4.64. The molecule has 216 valence electrons. The number of anilines is 2. The van der Waals surface area contributed by atoms with Crippen molar-refractivity contribution in [3.8, 4) is 5.75 Å². The standard InChI is InChI=1S/C28H37N5O5S2/c1-3-30-22-14-21(15-23(16-22)33-10-4-5-12-40(33,36)37)28(35)32-25(17-27-31-9-11-39-27)26(34)19-29-18-20-7-6-8-24(13-20)38-2/h6-9,11,13-16,25-26,29-30,34H,3-5,10,12,17-19H2,1-2H3,(H,32,35)/t25-,26+/m0/s1. The van der Waals surface area contributed by atoms with E-state index < -0.39 is 28.1 Å². The number of rotatable bonds is 13. The number of sulfonamides is 1. The van der Waals surface area contributed by atoms with E-state index in [2.05, 4.69) is 20.9 Å². The van der Waals surface area contributed by atoms with Gasteiger partial charge in [0, 0.05) is 55.4 Å². The first-order chi connectivity index (χ1) is 19.3. The fourth-order valence-corrected chi connectivity index (χ4v) is 6.94. The monoisotopic (exact) mass is 587 g/mol.